The molecule has 1 aliphatic rings. The Morgan fingerprint density at radius 3 is 2.50 bits per heavy atom. The summed E-state index contributed by atoms with van der Waals surface area (Å²) in [5.41, 5.74) is 2.32. The van der Waals surface area contributed by atoms with Gasteiger partial charge in [-0.2, -0.15) is 0 Å². The summed E-state index contributed by atoms with van der Waals surface area (Å²) < 4.78 is 0. The molecule has 0 amide bonds. The van der Waals surface area contributed by atoms with Crippen LogP contribution in [0.2, 0.25) is 0 Å². The summed E-state index contributed by atoms with van der Waals surface area (Å²) in [4.78, 5) is 11.7. The van der Waals surface area contributed by atoms with Crippen LogP contribution >= 0.6 is 0 Å². The summed E-state index contributed by atoms with van der Waals surface area (Å²) in [5, 5.41) is 3.48. The minimum absolute atomic E-state index is 0.371. The van der Waals surface area contributed by atoms with Gasteiger partial charge >= 0.3 is 0 Å². The van der Waals surface area contributed by atoms with Crippen LogP contribution in [0.3, 0.4) is 0 Å². The largest absolute Gasteiger partial charge is 0.369 e. The van der Waals surface area contributed by atoms with E-state index in [1.807, 2.05) is 6.20 Å². The Hall–Kier alpha value is -1.16. The van der Waals surface area contributed by atoms with E-state index in [2.05, 4.69) is 49.9 Å². The topological polar surface area (TPSA) is 41.1 Å². The van der Waals surface area contributed by atoms with Gasteiger partial charge in [0.15, 0.2) is 0 Å². The number of hydrogen-bond acceptors (Lipinski definition) is 4. The van der Waals surface area contributed by atoms with Gasteiger partial charge in [-0.1, -0.05) is 27.7 Å². The summed E-state index contributed by atoms with van der Waals surface area (Å²) in [7, 11) is 2.18. The van der Waals surface area contributed by atoms with E-state index < -0.39 is 0 Å². The lowest BCUT2D eigenvalue weighted by Gasteiger charge is -2.37. The number of aromatic nitrogens is 2. The molecule has 0 spiro atoms. The zero-order valence-corrected chi connectivity index (χ0v) is 13.5. The van der Waals surface area contributed by atoms with Crippen LogP contribution in [-0.4, -0.2) is 29.1 Å². The van der Waals surface area contributed by atoms with Gasteiger partial charge in [-0.25, -0.2) is 9.97 Å². The molecule has 1 N–H and O–H groups in total. The van der Waals surface area contributed by atoms with Crippen LogP contribution in [0, 0.1) is 0 Å². The number of nitrogens with zero attached hydrogens (tertiary/aromatic N) is 3. The molecule has 4 heteroatoms. The molecule has 1 saturated carbocycles. The maximum atomic E-state index is 4.79. The Balaban J connectivity index is 2.23. The van der Waals surface area contributed by atoms with Crippen LogP contribution < -0.4 is 10.2 Å². The summed E-state index contributed by atoms with van der Waals surface area (Å²) in [6.07, 6.45) is 5.94. The van der Waals surface area contributed by atoms with E-state index in [1.54, 1.807) is 0 Å². The fourth-order valence-electron chi connectivity index (χ4n) is 2.40. The van der Waals surface area contributed by atoms with Crippen LogP contribution in [0.1, 0.15) is 64.4 Å². The van der Waals surface area contributed by atoms with Gasteiger partial charge in [-0.05, 0) is 19.3 Å². The SMILES string of the molecule is CC(C)NCc1nc(C(C)C)ncc1N(C)C1CCC1. The van der Waals surface area contributed by atoms with Crippen LogP contribution in [0.25, 0.3) is 0 Å². The van der Waals surface area contributed by atoms with E-state index in [4.69, 9.17) is 4.98 Å². The van der Waals surface area contributed by atoms with Crippen LogP contribution in [-0.2, 0) is 6.54 Å². The summed E-state index contributed by atoms with van der Waals surface area (Å²) in [6.45, 7) is 9.43. The zero-order chi connectivity index (χ0) is 14.7. The maximum absolute atomic E-state index is 4.79. The van der Waals surface area contributed by atoms with Crippen molar-refractivity contribution in [1.29, 1.82) is 0 Å². The van der Waals surface area contributed by atoms with Gasteiger partial charge in [0.25, 0.3) is 0 Å². The van der Waals surface area contributed by atoms with Gasteiger partial charge in [0, 0.05) is 31.6 Å². The highest BCUT2D eigenvalue weighted by atomic mass is 15.2. The molecule has 0 bridgehead atoms. The minimum Gasteiger partial charge on any atom is -0.369 e. The third-order valence-corrected chi connectivity index (χ3v) is 4.06. The van der Waals surface area contributed by atoms with Gasteiger partial charge in [0.05, 0.1) is 17.6 Å². The fraction of sp³-hybridized carbons (Fsp3) is 0.750. The van der Waals surface area contributed by atoms with E-state index in [0.717, 1.165) is 18.1 Å². The molecule has 2 rings (SSSR count). The van der Waals surface area contributed by atoms with Crippen molar-refractivity contribution < 1.29 is 0 Å². The normalized spacial score (nSPS) is 15.8. The highest BCUT2D eigenvalue weighted by Gasteiger charge is 2.24. The van der Waals surface area contributed by atoms with Gasteiger partial charge in [0.1, 0.15) is 5.82 Å². The fourth-order valence-corrected chi connectivity index (χ4v) is 2.40. The number of anilines is 1. The Bertz CT molecular complexity index is 438. The smallest absolute Gasteiger partial charge is 0.131 e. The highest BCUT2D eigenvalue weighted by Crippen LogP contribution is 2.29. The first-order valence-electron chi connectivity index (χ1n) is 7.81. The molecule has 20 heavy (non-hydrogen) atoms. The molecule has 0 unspecified atom stereocenters. The number of rotatable bonds is 6. The summed E-state index contributed by atoms with van der Waals surface area (Å²) in [6, 6.07) is 1.13. The first-order chi connectivity index (χ1) is 9.49. The number of nitrogens with one attached hydrogen (secondary N) is 1. The second-order valence-electron chi connectivity index (χ2n) is 6.45. The second kappa shape index (κ2) is 6.53. The van der Waals surface area contributed by atoms with Crippen LogP contribution in [0.4, 0.5) is 5.69 Å². The molecular weight excluding hydrogens is 248 g/mol. The predicted molar refractivity (Wildman–Crippen MR) is 84.1 cm³/mol. The van der Waals surface area contributed by atoms with Crippen molar-refractivity contribution >= 4 is 5.69 Å². The quantitative estimate of drug-likeness (QED) is 0.867. The first kappa shape index (κ1) is 15.2. The minimum atomic E-state index is 0.371. The molecule has 1 aliphatic carbocycles. The molecule has 4 nitrogen and oxygen atoms in total. The lowest BCUT2D eigenvalue weighted by molar-refractivity contribution is 0.399. The van der Waals surface area contributed by atoms with Gasteiger partial charge in [-0.15, -0.1) is 0 Å². The third-order valence-electron chi connectivity index (χ3n) is 4.06. The van der Waals surface area contributed by atoms with Crippen molar-refractivity contribution in [3.8, 4) is 0 Å². The standard InChI is InChI=1S/C16H28N4/c1-11(2)16-18-10-15(20(5)13-7-6-8-13)14(19-16)9-17-12(3)4/h10-13,17H,6-9H2,1-5H3. The molecule has 112 valence electrons. The molecule has 1 fully saturated rings. The molecule has 0 atom stereocenters. The van der Waals surface area contributed by atoms with Gasteiger partial charge < -0.3 is 10.2 Å². The van der Waals surface area contributed by atoms with Crippen molar-refractivity contribution in [3.05, 3.63) is 17.7 Å². The molecular formula is C16H28N4. The molecule has 0 saturated heterocycles. The van der Waals surface area contributed by atoms with Crippen molar-refractivity contribution in [2.75, 3.05) is 11.9 Å². The monoisotopic (exact) mass is 276 g/mol. The Morgan fingerprint density at radius 2 is 2.00 bits per heavy atom. The average molecular weight is 276 g/mol. The molecule has 1 aromatic rings. The summed E-state index contributed by atoms with van der Waals surface area (Å²) in [5.74, 6) is 1.31. The lowest BCUT2D eigenvalue weighted by atomic mass is 9.91. The molecule has 1 heterocycles. The second-order valence-corrected chi connectivity index (χ2v) is 6.45. The lowest BCUT2D eigenvalue weighted by Crippen LogP contribution is -2.38. The molecule has 1 aromatic heterocycles. The van der Waals surface area contributed by atoms with E-state index in [0.29, 0.717) is 18.0 Å². The maximum Gasteiger partial charge on any atom is 0.131 e. The van der Waals surface area contributed by atoms with E-state index in [9.17, 15) is 0 Å². The first-order valence-corrected chi connectivity index (χ1v) is 7.81. The van der Waals surface area contributed by atoms with Crippen molar-refractivity contribution in [3.63, 3.8) is 0 Å². The molecule has 0 aliphatic heterocycles. The van der Waals surface area contributed by atoms with Crippen LogP contribution in [0.15, 0.2) is 6.20 Å². The van der Waals surface area contributed by atoms with Crippen LogP contribution in [0.5, 0.6) is 0 Å². The highest BCUT2D eigenvalue weighted by molar-refractivity contribution is 5.50. The van der Waals surface area contributed by atoms with E-state index in [1.165, 1.54) is 24.9 Å². The van der Waals surface area contributed by atoms with Crippen molar-refractivity contribution in [2.45, 2.75) is 71.5 Å². The van der Waals surface area contributed by atoms with Gasteiger partial charge in [0.2, 0.25) is 0 Å². The Kier molecular flexibility index (Phi) is 4.97. The van der Waals surface area contributed by atoms with E-state index in [-0.39, 0.29) is 0 Å². The third kappa shape index (κ3) is 3.48. The van der Waals surface area contributed by atoms with Crippen molar-refractivity contribution in [2.24, 2.45) is 0 Å². The Labute approximate surface area is 123 Å². The van der Waals surface area contributed by atoms with Gasteiger partial charge in [-0.3, -0.25) is 0 Å². The molecule has 0 aromatic carbocycles. The summed E-state index contributed by atoms with van der Waals surface area (Å²) >= 11 is 0. The van der Waals surface area contributed by atoms with E-state index >= 15 is 0 Å². The molecule has 0 radical (unpaired) electrons. The number of hydrogen-bond donors (Lipinski definition) is 1. The predicted octanol–water partition coefficient (Wildman–Crippen LogP) is 3.09. The average Bonchev–Trinajstić information content (AvgIpc) is 2.33. The Morgan fingerprint density at radius 1 is 1.30 bits per heavy atom. The van der Waals surface area contributed by atoms with Crippen molar-refractivity contribution in [1.82, 2.24) is 15.3 Å². The zero-order valence-electron chi connectivity index (χ0n) is 13.5.